The van der Waals surface area contributed by atoms with E-state index in [1.54, 1.807) is 0 Å². The van der Waals surface area contributed by atoms with Crippen LogP contribution < -0.4 is 5.32 Å². The summed E-state index contributed by atoms with van der Waals surface area (Å²) in [5.41, 5.74) is 0.914. The van der Waals surface area contributed by atoms with E-state index in [0.29, 0.717) is 16.8 Å². The van der Waals surface area contributed by atoms with Crippen molar-refractivity contribution in [2.24, 2.45) is 7.05 Å². The number of carbonyl (C=O) groups is 1. The summed E-state index contributed by atoms with van der Waals surface area (Å²) in [7, 11) is 1.90. The maximum absolute atomic E-state index is 12.2. The number of hydrogen-bond donors (Lipinski definition) is 1. The molecule has 0 aliphatic heterocycles. The van der Waals surface area contributed by atoms with Crippen LogP contribution in [-0.2, 0) is 11.8 Å². The maximum atomic E-state index is 12.2. The van der Waals surface area contributed by atoms with Crippen molar-refractivity contribution >= 4 is 29.3 Å². The molecule has 1 aromatic carbocycles. The third-order valence-corrected chi connectivity index (χ3v) is 5.73. The van der Waals surface area contributed by atoms with Gasteiger partial charge in [0.1, 0.15) is 0 Å². The number of halogens is 1. The van der Waals surface area contributed by atoms with E-state index in [9.17, 15) is 4.79 Å². The second kappa shape index (κ2) is 8.72. The fourth-order valence-corrected chi connectivity index (χ4v) is 4.06. The van der Waals surface area contributed by atoms with Crippen LogP contribution in [0.4, 0.5) is 0 Å². The lowest BCUT2D eigenvalue weighted by atomic mass is 10.1. The van der Waals surface area contributed by atoms with Crippen LogP contribution in [0.1, 0.15) is 38.5 Å². The van der Waals surface area contributed by atoms with Crippen molar-refractivity contribution in [3.05, 3.63) is 29.3 Å². The average molecular weight is 379 g/mol. The highest BCUT2D eigenvalue weighted by atomic mass is 35.5. The number of benzene rings is 1. The van der Waals surface area contributed by atoms with Crippen molar-refractivity contribution in [1.29, 1.82) is 0 Å². The molecule has 3 rings (SSSR count). The molecule has 1 aliphatic carbocycles. The Morgan fingerprint density at radius 3 is 2.76 bits per heavy atom. The highest BCUT2D eigenvalue weighted by molar-refractivity contribution is 7.99. The molecule has 1 heterocycles. The first kappa shape index (κ1) is 18.3. The van der Waals surface area contributed by atoms with E-state index in [-0.39, 0.29) is 5.91 Å². The van der Waals surface area contributed by atoms with Gasteiger partial charge in [-0.3, -0.25) is 4.79 Å². The minimum Gasteiger partial charge on any atom is -0.353 e. The number of rotatable bonds is 5. The van der Waals surface area contributed by atoms with E-state index in [1.807, 2.05) is 35.9 Å². The van der Waals surface area contributed by atoms with Gasteiger partial charge in [0.25, 0.3) is 0 Å². The first-order valence-electron chi connectivity index (χ1n) is 8.71. The van der Waals surface area contributed by atoms with Crippen molar-refractivity contribution in [2.45, 2.75) is 49.7 Å². The topological polar surface area (TPSA) is 59.8 Å². The van der Waals surface area contributed by atoms with Gasteiger partial charge in [0, 0.05) is 23.7 Å². The summed E-state index contributed by atoms with van der Waals surface area (Å²) >= 11 is 7.46. The molecule has 7 heteroatoms. The summed E-state index contributed by atoms with van der Waals surface area (Å²) in [6.07, 6.45) is 7.19. The van der Waals surface area contributed by atoms with Gasteiger partial charge in [-0.15, -0.1) is 10.2 Å². The molecule has 0 spiro atoms. The Hall–Kier alpha value is -1.53. The van der Waals surface area contributed by atoms with Gasteiger partial charge in [0.15, 0.2) is 11.0 Å². The Morgan fingerprint density at radius 1 is 1.28 bits per heavy atom. The maximum Gasteiger partial charge on any atom is 0.230 e. The van der Waals surface area contributed by atoms with Gasteiger partial charge in [-0.1, -0.05) is 61.2 Å². The van der Waals surface area contributed by atoms with Crippen molar-refractivity contribution in [3.63, 3.8) is 0 Å². The Balaban J connectivity index is 1.57. The standard InChI is InChI=1S/C18H23ClN4OS/c1-23-17(13-7-6-8-14(19)11-13)21-22-18(23)25-12-16(24)20-15-9-4-2-3-5-10-15/h6-8,11,15H,2-5,9-10,12H2,1H3,(H,20,24). The SMILES string of the molecule is Cn1c(SCC(=O)NC2CCCCCC2)nnc1-c1cccc(Cl)c1. The fourth-order valence-electron chi connectivity index (χ4n) is 3.14. The molecular formula is C18H23ClN4OS. The third kappa shape index (κ3) is 4.98. The molecule has 0 saturated heterocycles. The van der Waals surface area contributed by atoms with Gasteiger partial charge in [-0.25, -0.2) is 0 Å². The first-order valence-corrected chi connectivity index (χ1v) is 10.1. The number of amides is 1. The van der Waals surface area contributed by atoms with Gasteiger partial charge in [0.2, 0.25) is 5.91 Å². The molecule has 1 N–H and O–H groups in total. The molecular weight excluding hydrogens is 356 g/mol. The molecule has 0 unspecified atom stereocenters. The summed E-state index contributed by atoms with van der Waals surface area (Å²) in [4.78, 5) is 12.2. The molecule has 1 saturated carbocycles. The van der Waals surface area contributed by atoms with Gasteiger partial charge in [-0.2, -0.15) is 0 Å². The minimum absolute atomic E-state index is 0.0733. The quantitative estimate of drug-likeness (QED) is 0.629. The average Bonchev–Trinajstić information content (AvgIpc) is 2.79. The monoisotopic (exact) mass is 378 g/mol. The molecule has 0 bridgehead atoms. The summed E-state index contributed by atoms with van der Waals surface area (Å²) in [6.45, 7) is 0. The van der Waals surface area contributed by atoms with Crippen LogP contribution in [-0.4, -0.2) is 32.5 Å². The second-order valence-electron chi connectivity index (χ2n) is 6.42. The Morgan fingerprint density at radius 2 is 2.04 bits per heavy atom. The van der Waals surface area contributed by atoms with Crippen LogP contribution in [0.5, 0.6) is 0 Å². The summed E-state index contributed by atoms with van der Waals surface area (Å²) in [5, 5.41) is 13.0. The van der Waals surface area contributed by atoms with Crippen LogP contribution >= 0.6 is 23.4 Å². The Kier molecular flexibility index (Phi) is 6.37. The largest absolute Gasteiger partial charge is 0.353 e. The van der Waals surface area contributed by atoms with Gasteiger partial charge < -0.3 is 9.88 Å². The van der Waals surface area contributed by atoms with Crippen molar-refractivity contribution in [2.75, 3.05) is 5.75 Å². The van der Waals surface area contributed by atoms with Crippen molar-refractivity contribution in [1.82, 2.24) is 20.1 Å². The zero-order valence-corrected chi connectivity index (χ0v) is 15.9. The lowest BCUT2D eigenvalue weighted by Gasteiger charge is -2.15. The Labute approximate surface area is 157 Å². The lowest BCUT2D eigenvalue weighted by molar-refractivity contribution is -0.119. The van der Waals surface area contributed by atoms with Crippen LogP contribution in [0.3, 0.4) is 0 Å². The molecule has 25 heavy (non-hydrogen) atoms. The molecule has 134 valence electrons. The smallest absolute Gasteiger partial charge is 0.230 e. The van der Waals surface area contributed by atoms with E-state index >= 15 is 0 Å². The highest BCUT2D eigenvalue weighted by Gasteiger charge is 2.17. The predicted molar refractivity (Wildman–Crippen MR) is 102 cm³/mol. The number of thioether (sulfide) groups is 1. The summed E-state index contributed by atoms with van der Waals surface area (Å²) < 4.78 is 1.90. The van der Waals surface area contributed by atoms with Crippen LogP contribution in [0.15, 0.2) is 29.4 Å². The van der Waals surface area contributed by atoms with E-state index in [1.165, 1.54) is 37.4 Å². The highest BCUT2D eigenvalue weighted by Crippen LogP contribution is 2.24. The molecule has 5 nitrogen and oxygen atoms in total. The molecule has 1 fully saturated rings. The third-order valence-electron chi connectivity index (χ3n) is 4.47. The normalized spacial score (nSPS) is 15.8. The predicted octanol–water partition coefficient (Wildman–Crippen LogP) is 4.07. The van der Waals surface area contributed by atoms with E-state index in [2.05, 4.69) is 15.5 Å². The summed E-state index contributed by atoms with van der Waals surface area (Å²) in [5.74, 6) is 1.18. The number of nitrogens with one attached hydrogen (secondary N) is 1. The van der Waals surface area contributed by atoms with E-state index in [0.717, 1.165) is 29.4 Å². The lowest BCUT2D eigenvalue weighted by Crippen LogP contribution is -2.35. The molecule has 2 aromatic rings. The summed E-state index contributed by atoms with van der Waals surface area (Å²) in [6, 6.07) is 7.85. The first-order chi connectivity index (χ1) is 12.1. The van der Waals surface area contributed by atoms with E-state index < -0.39 is 0 Å². The zero-order valence-electron chi connectivity index (χ0n) is 14.4. The minimum atomic E-state index is 0.0733. The number of nitrogens with zero attached hydrogens (tertiary/aromatic N) is 3. The Bertz CT molecular complexity index is 726. The van der Waals surface area contributed by atoms with Gasteiger partial charge in [0.05, 0.1) is 5.75 Å². The van der Waals surface area contributed by atoms with Crippen molar-refractivity contribution < 1.29 is 4.79 Å². The molecule has 0 atom stereocenters. The van der Waals surface area contributed by atoms with E-state index in [4.69, 9.17) is 11.6 Å². The molecule has 1 aliphatic rings. The van der Waals surface area contributed by atoms with Crippen molar-refractivity contribution in [3.8, 4) is 11.4 Å². The van der Waals surface area contributed by atoms with Gasteiger partial charge >= 0.3 is 0 Å². The number of aromatic nitrogens is 3. The van der Waals surface area contributed by atoms with Gasteiger partial charge in [-0.05, 0) is 25.0 Å². The molecule has 1 amide bonds. The number of hydrogen-bond acceptors (Lipinski definition) is 4. The molecule has 1 aromatic heterocycles. The van der Waals surface area contributed by atoms with Crippen LogP contribution in [0.25, 0.3) is 11.4 Å². The second-order valence-corrected chi connectivity index (χ2v) is 7.80. The zero-order chi connectivity index (χ0) is 17.6. The molecule has 0 radical (unpaired) electrons. The fraction of sp³-hybridized carbons (Fsp3) is 0.500. The number of carbonyl (C=O) groups excluding carboxylic acids is 1. The van der Waals surface area contributed by atoms with Crippen LogP contribution in [0, 0.1) is 0 Å². The van der Waals surface area contributed by atoms with Crippen LogP contribution in [0.2, 0.25) is 5.02 Å².